The fourth-order valence-corrected chi connectivity index (χ4v) is 4.00. The van der Waals surface area contributed by atoms with Gasteiger partial charge >= 0.3 is 11.7 Å². The Morgan fingerprint density at radius 1 is 1.00 bits per heavy atom. The summed E-state index contributed by atoms with van der Waals surface area (Å²) in [5, 5.41) is 17.3. The molecule has 0 radical (unpaired) electrons. The number of halogens is 2. The van der Waals surface area contributed by atoms with Crippen LogP contribution >= 0.6 is 23.2 Å². The van der Waals surface area contributed by atoms with Crippen LogP contribution in [0.2, 0.25) is 10.0 Å². The second-order valence-electron chi connectivity index (χ2n) is 7.93. The van der Waals surface area contributed by atoms with Crippen LogP contribution < -0.4 is 14.9 Å². The van der Waals surface area contributed by atoms with Crippen molar-refractivity contribution in [1.82, 2.24) is 5.43 Å². The number of amides is 1. The summed E-state index contributed by atoms with van der Waals surface area (Å²) in [6, 6.07) is 20.9. The molecule has 38 heavy (non-hydrogen) atoms. The van der Waals surface area contributed by atoms with Gasteiger partial charge in [0.05, 0.1) is 21.7 Å². The van der Waals surface area contributed by atoms with Crippen LogP contribution in [-0.2, 0) is 4.79 Å². The van der Waals surface area contributed by atoms with Crippen molar-refractivity contribution >= 4 is 57.8 Å². The number of nitrogens with one attached hydrogen (secondary N) is 1. The molecule has 0 bridgehead atoms. The minimum absolute atomic E-state index is 0.0479. The van der Waals surface area contributed by atoms with E-state index < -0.39 is 22.9 Å². The van der Waals surface area contributed by atoms with Gasteiger partial charge in [-0.2, -0.15) is 5.10 Å². The fraction of sp³-hybridized carbons (Fsp3) is 0.0741. The molecule has 4 aromatic rings. The second-order valence-corrected chi connectivity index (χ2v) is 8.78. The predicted molar refractivity (Wildman–Crippen MR) is 144 cm³/mol. The molecule has 192 valence electrons. The smallest absolute Gasteiger partial charge is 0.345 e. The molecule has 0 fully saturated rings. The molecule has 1 N–H and O–H groups in total. The Hall–Kier alpha value is -4.47. The van der Waals surface area contributed by atoms with E-state index in [9.17, 15) is 19.7 Å². The fourth-order valence-electron chi connectivity index (χ4n) is 3.51. The molecule has 11 heteroatoms. The minimum atomic E-state index is -1.09. The van der Waals surface area contributed by atoms with E-state index >= 15 is 0 Å². The average Bonchev–Trinajstić information content (AvgIpc) is 2.89. The topological polar surface area (TPSA) is 120 Å². The third-order valence-electron chi connectivity index (χ3n) is 5.39. The SMILES string of the molecule is C[C@H](Oc1ccccc1[N+](=O)[O-])C(=O)N/N=C\c1c(OC(=O)c2ccc(Cl)cc2Cl)ccc2ccccc12. The molecular weight excluding hydrogens is 533 g/mol. The van der Waals surface area contributed by atoms with Crippen molar-refractivity contribution < 1.29 is 24.0 Å². The summed E-state index contributed by atoms with van der Waals surface area (Å²) in [5.74, 6) is -1.21. The molecule has 1 atom stereocenters. The highest BCUT2D eigenvalue weighted by atomic mass is 35.5. The number of carbonyl (C=O) groups is 2. The second kappa shape index (κ2) is 11.7. The molecule has 9 nitrogen and oxygen atoms in total. The number of hydrogen-bond acceptors (Lipinski definition) is 7. The Bertz CT molecular complexity index is 1570. The van der Waals surface area contributed by atoms with Gasteiger partial charge in [-0.3, -0.25) is 14.9 Å². The zero-order valence-electron chi connectivity index (χ0n) is 19.8. The van der Waals surface area contributed by atoms with E-state index in [1.54, 1.807) is 18.2 Å². The van der Waals surface area contributed by atoms with Gasteiger partial charge in [-0.25, -0.2) is 10.2 Å². The number of rotatable bonds is 8. The zero-order valence-corrected chi connectivity index (χ0v) is 21.3. The number of hydrazone groups is 1. The van der Waals surface area contributed by atoms with Gasteiger partial charge in [-0.15, -0.1) is 0 Å². The summed E-state index contributed by atoms with van der Waals surface area (Å²) in [6.07, 6.45) is 0.245. The molecular formula is C27H19Cl2N3O6. The average molecular weight is 552 g/mol. The standard InChI is InChI=1S/C27H19Cl2N3O6/c1-16(37-25-9-5-4-8-23(25)32(35)36)26(33)31-30-15-21-19-7-3-2-6-17(19)10-13-24(21)38-27(34)20-12-11-18(28)14-22(20)29/h2-16H,1H3,(H,31,33)/b30-15-/t16-/m0/s1. The number of hydrogen-bond donors (Lipinski definition) is 1. The maximum absolute atomic E-state index is 12.8. The van der Waals surface area contributed by atoms with Crippen LogP contribution in [0.5, 0.6) is 11.5 Å². The number of esters is 1. The van der Waals surface area contributed by atoms with Crippen LogP contribution in [-0.4, -0.2) is 29.1 Å². The lowest BCUT2D eigenvalue weighted by Gasteiger charge is -2.13. The van der Waals surface area contributed by atoms with Gasteiger partial charge in [0, 0.05) is 16.7 Å². The number of fused-ring (bicyclic) bond motifs is 1. The van der Waals surface area contributed by atoms with E-state index in [4.69, 9.17) is 32.7 Å². The highest BCUT2D eigenvalue weighted by Gasteiger charge is 2.21. The quantitative estimate of drug-likeness (QED) is 0.0915. The summed E-state index contributed by atoms with van der Waals surface area (Å²) in [4.78, 5) is 36.0. The Morgan fingerprint density at radius 3 is 2.50 bits per heavy atom. The van der Waals surface area contributed by atoms with Gasteiger partial charge in [-0.1, -0.05) is 65.7 Å². The molecule has 0 aliphatic heterocycles. The first kappa shape index (κ1) is 26.6. The summed E-state index contributed by atoms with van der Waals surface area (Å²) < 4.78 is 11.1. The number of ether oxygens (including phenoxy) is 2. The Balaban J connectivity index is 1.55. The Morgan fingerprint density at radius 2 is 1.74 bits per heavy atom. The highest BCUT2D eigenvalue weighted by molar-refractivity contribution is 6.36. The largest absolute Gasteiger partial charge is 0.474 e. The Labute approximate surface area is 226 Å². The van der Waals surface area contributed by atoms with Crippen molar-refractivity contribution in [2.45, 2.75) is 13.0 Å². The number of carbonyl (C=O) groups excluding carboxylic acids is 2. The molecule has 0 heterocycles. The van der Waals surface area contributed by atoms with Gasteiger partial charge in [0.25, 0.3) is 5.91 Å². The number of nitrogens with zero attached hydrogens (tertiary/aromatic N) is 2. The molecule has 0 saturated heterocycles. The van der Waals surface area contributed by atoms with Crippen LogP contribution in [0.3, 0.4) is 0 Å². The molecule has 4 rings (SSSR count). The van der Waals surface area contributed by atoms with Crippen molar-refractivity contribution in [3.8, 4) is 11.5 Å². The monoisotopic (exact) mass is 551 g/mol. The van der Waals surface area contributed by atoms with E-state index in [0.717, 1.165) is 5.39 Å². The van der Waals surface area contributed by atoms with E-state index in [1.165, 1.54) is 49.5 Å². The maximum atomic E-state index is 12.8. The number of benzene rings is 4. The minimum Gasteiger partial charge on any atom is -0.474 e. The van der Waals surface area contributed by atoms with Crippen LogP contribution in [0.1, 0.15) is 22.8 Å². The normalized spacial score (nSPS) is 11.8. The van der Waals surface area contributed by atoms with Gasteiger partial charge in [-0.05, 0) is 48.0 Å². The first-order chi connectivity index (χ1) is 18.2. The first-order valence-electron chi connectivity index (χ1n) is 11.2. The van der Waals surface area contributed by atoms with Crippen molar-refractivity contribution in [1.29, 1.82) is 0 Å². The van der Waals surface area contributed by atoms with Crippen molar-refractivity contribution in [3.63, 3.8) is 0 Å². The van der Waals surface area contributed by atoms with E-state index in [1.807, 2.05) is 24.3 Å². The van der Waals surface area contributed by atoms with Crippen LogP contribution in [0.4, 0.5) is 5.69 Å². The molecule has 0 aliphatic rings. The third kappa shape index (κ3) is 6.08. The summed E-state index contributed by atoms with van der Waals surface area (Å²) in [5.41, 5.74) is 2.64. The Kier molecular flexibility index (Phi) is 8.20. The van der Waals surface area contributed by atoms with E-state index in [-0.39, 0.29) is 27.8 Å². The van der Waals surface area contributed by atoms with Crippen LogP contribution in [0, 0.1) is 10.1 Å². The zero-order chi connectivity index (χ0) is 27.2. The molecule has 1 amide bonds. The van der Waals surface area contributed by atoms with Crippen molar-refractivity contribution in [2.24, 2.45) is 5.10 Å². The first-order valence-corrected chi connectivity index (χ1v) is 11.9. The number of nitro benzene ring substituents is 1. The lowest BCUT2D eigenvalue weighted by molar-refractivity contribution is -0.386. The maximum Gasteiger partial charge on any atom is 0.345 e. The summed E-state index contributed by atoms with van der Waals surface area (Å²) in [7, 11) is 0. The lowest BCUT2D eigenvalue weighted by Crippen LogP contribution is -2.33. The third-order valence-corrected chi connectivity index (χ3v) is 5.94. The number of para-hydroxylation sites is 2. The van der Waals surface area contributed by atoms with Gasteiger partial charge in [0.1, 0.15) is 5.75 Å². The summed E-state index contributed by atoms with van der Waals surface area (Å²) in [6.45, 7) is 1.43. The molecule has 0 aromatic heterocycles. The van der Waals surface area contributed by atoms with Crippen molar-refractivity contribution in [3.05, 3.63) is 110 Å². The molecule has 4 aromatic carbocycles. The predicted octanol–water partition coefficient (Wildman–Crippen LogP) is 6.19. The number of nitro groups is 1. The van der Waals surface area contributed by atoms with Gasteiger partial charge in [0.15, 0.2) is 11.9 Å². The lowest BCUT2D eigenvalue weighted by atomic mass is 10.0. The van der Waals surface area contributed by atoms with E-state index in [0.29, 0.717) is 16.0 Å². The molecule has 0 spiro atoms. The molecule has 0 saturated carbocycles. The van der Waals surface area contributed by atoms with Gasteiger partial charge < -0.3 is 9.47 Å². The molecule has 0 unspecified atom stereocenters. The highest BCUT2D eigenvalue weighted by Crippen LogP contribution is 2.29. The molecule has 0 aliphatic carbocycles. The van der Waals surface area contributed by atoms with Gasteiger partial charge in [0.2, 0.25) is 0 Å². The van der Waals surface area contributed by atoms with Crippen LogP contribution in [0.25, 0.3) is 10.8 Å². The van der Waals surface area contributed by atoms with E-state index in [2.05, 4.69) is 10.5 Å². The summed E-state index contributed by atoms with van der Waals surface area (Å²) >= 11 is 12.1. The van der Waals surface area contributed by atoms with Crippen molar-refractivity contribution in [2.75, 3.05) is 0 Å². The van der Waals surface area contributed by atoms with Crippen LogP contribution in [0.15, 0.2) is 84.0 Å².